The van der Waals surface area contributed by atoms with E-state index >= 15 is 0 Å². The molecule has 1 aromatic heterocycles. The molecule has 2 N–H and O–H groups in total. The SMILES string of the molecule is CC(NC(=O)c1ccc(C(F)(F)F)cn1)C1CCCNC1.Cl.Cl. The van der Waals surface area contributed by atoms with Crippen LogP contribution in [0.5, 0.6) is 0 Å². The molecule has 1 aliphatic heterocycles. The molecule has 132 valence electrons. The summed E-state index contributed by atoms with van der Waals surface area (Å²) in [6, 6.07) is 1.92. The zero-order valence-corrected chi connectivity index (χ0v) is 14.2. The molecule has 0 aromatic carbocycles. The molecule has 2 unspecified atom stereocenters. The van der Waals surface area contributed by atoms with E-state index in [-0.39, 0.29) is 36.5 Å². The third-order valence-corrected chi connectivity index (χ3v) is 3.72. The van der Waals surface area contributed by atoms with Crippen molar-refractivity contribution in [1.82, 2.24) is 15.6 Å². The second kappa shape index (κ2) is 9.30. The summed E-state index contributed by atoms with van der Waals surface area (Å²) in [5.41, 5.74) is -0.859. The first-order valence-electron chi connectivity index (χ1n) is 6.93. The Hall–Kier alpha value is -1.05. The first kappa shape index (κ1) is 21.9. The van der Waals surface area contributed by atoms with Gasteiger partial charge in [-0.05, 0) is 50.9 Å². The minimum Gasteiger partial charge on any atom is -0.348 e. The molecule has 0 aliphatic carbocycles. The van der Waals surface area contributed by atoms with Gasteiger partial charge in [0.2, 0.25) is 0 Å². The highest BCUT2D eigenvalue weighted by Gasteiger charge is 2.31. The Morgan fingerprint density at radius 1 is 1.39 bits per heavy atom. The van der Waals surface area contributed by atoms with Gasteiger partial charge in [-0.2, -0.15) is 13.2 Å². The molecule has 9 heteroatoms. The van der Waals surface area contributed by atoms with Crippen molar-refractivity contribution in [2.75, 3.05) is 13.1 Å². The second-order valence-corrected chi connectivity index (χ2v) is 5.30. The summed E-state index contributed by atoms with van der Waals surface area (Å²) in [5.74, 6) is -0.112. The number of amides is 1. The summed E-state index contributed by atoms with van der Waals surface area (Å²) in [6.45, 7) is 3.72. The molecule has 4 nitrogen and oxygen atoms in total. The van der Waals surface area contributed by atoms with Gasteiger partial charge in [0.25, 0.3) is 5.91 Å². The summed E-state index contributed by atoms with van der Waals surface area (Å²) in [5, 5.41) is 6.06. The van der Waals surface area contributed by atoms with Crippen molar-refractivity contribution in [1.29, 1.82) is 0 Å². The minimum absolute atomic E-state index is 0. The Kier molecular flexibility index (Phi) is 8.87. The number of aromatic nitrogens is 1. The molecular weight excluding hydrogens is 354 g/mol. The summed E-state index contributed by atoms with van der Waals surface area (Å²) < 4.78 is 37.3. The summed E-state index contributed by atoms with van der Waals surface area (Å²) >= 11 is 0. The molecule has 2 atom stereocenters. The first-order chi connectivity index (χ1) is 9.88. The van der Waals surface area contributed by atoms with E-state index in [1.807, 2.05) is 6.92 Å². The maximum absolute atomic E-state index is 12.4. The fourth-order valence-electron chi connectivity index (χ4n) is 2.40. The van der Waals surface area contributed by atoms with Gasteiger partial charge in [-0.3, -0.25) is 9.78 Å². The van der Waals surface area contributed by atoms with Gasteiger partial charge in [-0.15, -0.1) is 24.8 Å². The van der Waals surface area contributed by atoms with Crippen LogP contribution in [0, 0.1) is 5.92 Å². The lowest BCUT2D eigenvalue weighted by molar-refractivity contribution is -0.137. The van der Waals surface area contributed by atoms with Crippen LogP contribution in [0.15, 0.2) is 18.3 Å². The van der Waals surface area contributed by atoms with E-state index in [1.165, 1.54) is 0 Å². The molecule has 1 aromatic rings. The Morgan fingerprint density at radius 2 is 2.09 bits per heavy atom. The average Bonchev–Trinajstić information content (AvgIpc) is 2.47. The highest BCUT2D eigenvalue weighted by Crippen LogP contribution is 2.28. The number of rotatable bonds is 3. The topological polar surface area (TPSA) is 54.0 Å². The van der Waals surface area contributed by atoms with Crippen LogP contribution >= 0.6 is 24.8 Å². The van der Waals surface area contributed by atoms with Crippen molar-refractivity contribution < 1.29 is 18.0 Å². The lowest BCUT2D eigenvalue weighted by atomic mass is 9.93. The molecule has 23 heavy (non-hydrogen) atoms. The Morgan fingerprint density at radius 3 is 2.57 bits per heavy atom. The van der Waals surface area contributed by atoms with Crippen LogP contribution < -0.4 is 10.6 Å². The maximum Gasteiger partial charge on any atom is 0.417 e. The lowest BCUT2D eigenvalue weighted by Crippen LogP contribution is -2.44. The van der Waals surface area contributed by atoms with E-state index < -0.39 is 17.6 Å². The van der Waals surface area contributed by atoms with Crippen molar-refractivity contribution in [3.05, 3.63) is 29.6 Å². The fourth-order valence-corrected chi connectivity index (χ4v) is 2.40. The smallest absolute Gasteiger partial charge is 0.348 e. The molecular formula is C14H20Cl2F3N3O. The van der Waals surface area contributed by atoms with Gasteiger partial charge in [0.05, 0.1) is 5.56 Å². The number of piperidine rings is 1. The zero-order valence-electron chi connectivity index (χ0n) is 12.5. The lowest BCUT2D eigenvalue weighted by Gasteiger charge is -2.28. The fraction of sp³-hybridized carbons (Fsp3) is 0.571. The summed E-state index contributed by atoms with van der Waals surface area (Å²) in [6.07, 6.45) is -1.68. The number of hydrogen-bond acceptors (Lipinski definition) is 3. The van der Waals surface area contributed by atoms with E-state index in [0.717, 1.165) is 38.1 Å². The Bertz CT molecular complexity index is 491. The summed E-state index contributed by atoms with van der Waals surface area (Å²) in [4.78, 5) is 15.6. The monoisotopic (exact) mass is 373 g/mol. The van der Waals surface area contributed by atoms with Gasteiger partial charge < -0.3 is 10.6 Å². The number of hydrogen-bond donors (Lipinski definition) is 2. The zero-order chi connectivity index (χ0) is 15.5. The van der Waals surface area contributed by atoms with Crippen LogP contribution in [-0.2, 0) is 6.18 Å². The normalized spacial score (nSPS) is 19.0. The summed E-state index contributed by atoms with van der Waals surface area (Å²) in [7, 11) is 0. The molecule has 1 amide bonds. The second-order valence-electron chi connectivity index (χ2n) is 5.30. The molecule has 0 bridgehead atoms. The number of carbonyl (C=O) groups excluding carboxylic acids is 1. The third kappa shape index (κ3) is 6.16. The predicted octanol–water partition coefficient (Wildman–Crippen LogP) is 3.06. The number of nitrogens with one attached hydrogen (secondary N) is 2. The Labute approximate surface area is 145 Å². The molecule has 1 saturated heterocycles. The molecule has 0 spiro atoms. The van der Waals surface area contributed by atoms with Gasteiger partial charge in [-0.25, -0.2) is 0 Å². The largest absolute Gasteiger partial charge is 0.417 e. The van der Waals surface area contributed by atoms with Crippen LogP contribution in [0.3, 0.4) is 0 Å². The molecule has 0 radical (unpaired) electrons. The minimum atomic E-state index is -4.44. The van der Waals surface area contributed by atoms with Crippen LogP contribution in [0.25, 0.3) is 0 Å². The predicted molar refractivity (Wildman–Crippen MR) is 86.3 cm³/mol. The molecule has 1 fully saturated rings. The molecule has 2 rings (SSSR count). The van der Waals surface area contributed by atoms with Crippen molar-refractivity contribution in [3.8, 4) is 0 Å². The number of halogens is 5. The van der Waals surface area contributed by atoms with E-state index in [2.05, 4.69) is 15.6 Å². The highest BCUT2D eigenvalue weighted by atomic mass is 35.5. The highest BCUT2D eigenvalue weighted by molar-refractivity contribution is 5.92. The van der Waals surface area contributed by atoms with E-state index in [4.69, 9.17) is 0 Å². The van der Waals surface area contributed by atoms with Gasteiger partial charge in [0, 0.05) is 12.2 Å². The van der Waals surface area contributed by atoms with Crippen LogP contribution in [-0.4, -0.2) is 30.0 Å². The van der Waals surface area contributed by atoms with E-state index in [1.54, 1.807) is 0 Å². The van der Waals surface area contributed by atoms with Crippen LogP contribution in [0.2, 0.25) is 0 Å². The third-order valence-electron chi connectivity index (χ3n) is 3.72. The van der Waals surface area contributed by atoms with Crippen molar-refractivity contribution in [2.45, 2.75) is 32.0 Å². The standard InChI is InChI=1S/C14H18F3N3O.2ClH/c1-9(10-3-2-6-18-7-10)20-13(21)12-5-4-11(8-19-12)14(15,16)17;;/h4-5,8-10,18H,2-3,6-7H2,1H3,(H,20,21);2*1H. The van der Waals surface area contributed by atoms with Gasteiger partial charge in [-0.1, -0.05) is 0 Å². The average molecular weight is 374 g/mol. The van der Waals surface area contributed by atoms with Gasteiger partial charge in [0.15, 0.2) is 0 Å². The Balaban J connectivity index is 0.00000242. The number of pyridine rings is 1. The number of alkyl halides is 3. The quantitative estimate of drug-likeness (QED) is 0.855. The van der Waals surface area contributed by atoms with E-state index in [9.17, 15) is 18.0 Å². The maximum atomic E-state index is 12.4. The number of nitrogens with zero attached hydrogens (tertiary/aromatic N) is 1. The van der Waals surface area contributed by atoms with Crippen molar-refractivity contribution in [2.24, 2.45) is 5.92 Å². The van der Waals surface area contributed by atoms with Crippen LogP contribution in [0.4, 0.5) is 13.2 Å². The van der Waals surface area contributed by atoms with Gasteiger partial charge >= 0.3 is 6.18 Å². The van der Waals surface area contributed by atoms with Crippen LogP contribution in [0.1, 0.15) is 35.8 Å². The first-order valence-corrected chi connectivity index (χ1v) is 6.93. The number of carbonyl (C=O) groups is 1. The molecule has 1 aliphatic rings. The van der Waals surface area contributed by atoms with Gasteiger partial charge in [0.1, 0.15) is 5.69 Å². The molecule has 0 saturated carbocycles. The van der Waals surface area contributed by atoms with Crippen molar-refractivity contribution in [3.63, 3.8) is 0 Å². The van der Waals surface area contributed by atoms with Crippen molar-refractivity contribution >= 4 is 30.7 Å². The molecule has 2 heterocycles. The van der Waals surface area contributed by atoms with E-state index in [0.29, 0.717) is 12.1 Å².